The highest BCUT2D eigenvalue weighted by Crippen LogP contribution is 2.34. The van der Waals surface area contributed by atoms with Crippen LogP contribution in [0.25, 0.3) is 0 Å². The first-order valence-corrected chi connectivity index (χ1v) is 8.30. The molecule has 0 N–H and O–H groups in total. The lowest BCUT2D eigenvalue weighted by molar-refractivity contribution is 0.0906. The second-order valence-electron chi connectivity index (χ2n) is 6.06. The minimum absolute atomic E-state index is 0.492. The second kappa shape index (κ2) is 5.50. The van der Waals surface area contributed by atoms with Crippen LogP contribution in [0.3, 0.4) is 0 Å². The number of rotatable bonds is 4. The van der Waals surface area contributed by atoms with Gasteiger partial charge in [0.15, 0.2) is 0 Å². The number of halogens is 1. The molecule has 0 atom stereocenters. The third-order valence-electron chi connectivity index (χ3n) is 4.48. The summed E-state index contributed by atoms with van der Waals surface area (Å²) in [4.78, 5) is 11.5. The quantitative estimate of drug-likeness (QED) is 0.853. The van der Waals surface area contributed by atoms with Gasteiger partial charge in [-0.15, -0.1) is 0 Å². The van der Waals surface area contributed by atoms with E-state index in [4.69, 9.17) is 0 Å². The number of hydrogen-bond donors (Lipinski definition) is 0. The van der Waals surface area contributed by atoms with Gasteiger partial charge in [0.25, 0.3) is 0 Å². The van der Waals surface area contributed by atoms with E-state index in [9.17, 15) is 0 Å². The summed E-state index contributed by atoms with van der Waals surface area (Å²) in [6.45, 7) is 3.01. The first-order chi connectivity index (χ1) is 10.3. The molecular weight excluding hydrogens is 330 g/mol. The van der Waals surface area contributed by atoms with E-state index in [1.54, 1.807) is 0 Å². The molecule has 0 aromatic carbocycles. The molecule has 0 radical (unpaired) electrons. The highest BCUT2D eigenvalue weighted by atomic mass is 79.9. The Kier molecular flexibility index (Phi) is 3.51. The molecule has 21 heavy (non-hydrogen) atoms. The van der Waals surface area contributed by atoms with Crippen molar-refractivity contribution in [3.05, 3.63) is 40.6 Å². The first-order valence-electron chi connectivity index (χ1n) is 7.51. The normalized spacial score (nSPS) is 20.2. The molecular formula is C15H18BrN5. The summed E-state index contributed by atoms with van der Waals surface area (Å²) in [5, 5.41) is 4.34. The fraction of sp³-hybridized carbons (Fsp3) is 0.533. The Morgan fingerprint density at radius 3 is 2.48 bits per heavy atom. The Morgan fingerprint density at radius 1 is 1.14 bits per heavy atom. The summed E-state index contributed by atoms with van der Waals surface area (Å²) in [6.07, 6.45) is 11.7. The molecule has 110 valence electrons. The summed E-state index contributed by atoms with van der Waals surface area (Å²) >= 11 is 3.44. The average molecular weight is 348 g/mol. The Labute approximate surface area is 132 Å². The van der Waals surface area contributed by atoms with Crippen molar-refractivity contribution in [1.29, 1.82) is 0 Å². The van der Waals surface area contributed by atoms with Crippen molar-refractivity contribution < 1.29 is 0 Å². The van der Waals surface area contributed by atoms with Crippen LogP contribution in [0.5, 0.6) is 0 Å². The largest absolute Gasteiger partial charge is 0.295 e. The topological polar surface area (TPSA) is 46.8 Å². The summed E-state index contributed by atoms with van der Waals surface area (Å²) in [5.41, 5.74) is 1.21. The van der Waals surface area contributed by atoms with E-state index in [0.717, 1.165) is 29.9 Å². The molecule has 1 aliphatic carbocycles. The van der Waals surface area contributed by atoms with Gasteiger partial charge >= 0.3 is 0 Å². The Hall–Kier alpha value is -1.27. The molecule has 6 heteroatoms. The minimum Gasteiger partial charge on any atom is -0.295 e. The lowest BCUT2D eigenvalue weighted by atomic mass is 9.85. The van der Waals surface area contributed by atoms with E-state index in [0.29, 0.717) is 12.0 Å². The molecule has 0 spiro atoms. The lowest BCUT2D eigenvalue weighted by Gasteiger charge is -2.39. The van der Waals surface area contributed by atoms with Gasteiger partial charge in [0.2, 0.25) is 0 Å². The van der Waals surface area contributed by atoms with Crippen molar-refractivity contribution in [3.63, 3.8) is 0 Å². The zero-order valence-corrected chi connectivity index (χ0v) is 13.4. The molecule has 2 aromatic rings. The van der Waals surface area contributed by atoms with E-state index >= 15 is 0 Å². The SMILES string of the molecule is Brc1cnn(C2CN(Cc3cnc(C4CCC4)nc3)C2)c1. The van der Waals surface area contributed by atoms with E-state index in [1.807, 2.05) is 29.5 Å². The zero-order valence-electron chi connectivity index (χ0n) is 11.8. The van der Waals surface area contributed by atoms with Gasteiger partial charge in [-0.05, 0) is 28.8 Å². The summed E-state index contributed by atoms with van der Waals surface area (Å²) in [5.74, 6) is 1.65. The maximum atomic E-state index is 4.53. The van der Waals surface area contributed by atoms with E-state index in [1.165, 1.54) is 24.8 Å². The van der Waals surface area contributed by atoms with Crippen molar-refractivity contribution in [2.45, 2.75) is 37.8 Å². The van der Waals surface area contributed by atoms with Crippen LogP contribution in [0.4, 0.5) is 0 Å². The van der Waals surface area contributed by atoms with Crippen LogP contribution in [-0.4, -0.2) is 37.7 Å². The van der Waals surface area contributed by atoms with Crippen LogP contribution in [0.15, 0.2) is 29.3 Å². The molecule has 1 saturated heterocycles. The van der Waals surface area contributed by atoms with Gasteiger partial charge in [-0.3, -0.25) is 9.58 Å². The van der Waals surface area contributed by atoms with Gasteiger partial charge in [-0.25, -0.2) is 9.97 Å². The zero-order chi connectivity index (χ0) is 14.2. The monoisotopic (exact) mass is 347 g/mol. The van der Waals surface area contributed by atoms with E-state index in [2.05, 4.69) is 35.9 Å². The number of nitrogens with zero attached hydrogens (tertiary/aromatic N) is 5. The molecule has 5 nitrogen and oxygen atoms in total. The third-order valence-corrected chi connectivity index (χ3v) is 4.89. The third kappa shape index (κ3) is 2.74. The number of hydrogen-bond acceptors (Lipinski definition) is 4. The summed E-state index contributed by atoms with van der Waals surface area (Å²) < 4.78 is 3.08. The van der Waals surface area contributed by atoms with Crippen LogP contribution >= 0.6 is 15.9 Å². The average Bonchev–Trinajstić information content (AvgIpc) is 2.79. The van der Waals surface area contributed by atoms with Crippen molar-refractivity contribution in [1.82, 2.24) is 24.6 Å². The van der Waals surface area contributed by atoms with Crippen LogP contribution in [0, 0.1) is 0 Å². The molecule has 2 aromatic heterocycles. The molecule has 0 unspecified atom stereocenters. The summed E-state index contributed by atoms with van der Waals surface area (Å²) in [7, 11) is 0. The molecule has 3 heterocycles. The Balaban J connectivity index is 1.31. The molecule has 0 amide bonds. The van der Waals surface area contributed by atoms with Crippen LogP contribution in [0.1, 0.15) is 42.6 Å². The van der Waals surface area contributed by atoms with Crippen LogP contribution in [-0.2, 0) is 6.54 Å². The Morgan fingerprint density at radius 2 is 1.90 bits per heavy atom. The Bertz CT molecular complexity index is 613. The number of likely N-dealkylation sites (tertiary alicyclic amines) is 1. The van der Waals surface area contributed by atoms with Crippen LogP contribution in [0.2, 0.25) is 0 Å². The second-order valence-corrected chi connectivity index (χ2v) is 6.98. The fourth-order valence-electron chi connectivity index (χ4n) is 2.94. The fourth-order valence-corrected chi connectivity index (χ4v) is 3.24. The van der Waals surface area contributed by atoms with Gasteiger partial charge in [-0.2, -0.15) is 5.10 Å². The standard InChI is InChI=1S/C15H18BrN5/c16-13-6-19-21(8-13)14-9-20(10-14)7-11-4-17-15(18-5-11)12-2-1-3-12/h4-6,8,12,14H,1-3,7,9-10H2. The lowest BCUT2D eigenvalue weighted by Crippen LogP contribution is -2.47. The van der Waals surface area contributed by atoms with Gasteiger partial charge < -0.3 is 0 Å². The van der Waals surface area contributed by atoms with Gasteiger partial charge in [0.1, 0.15) is 5.82 Å². The predicted molar refractivity (Wildman–Crippen MR) is 82.9 cm³/mol. The van der Waals surface area contributed by atoms with Crippen molar-refractivity contribution in [3.8, 4) is 0 Å². The van der Waals surface area contributed by atoms with Crippen molar-refractivity contribution in [2.24, 2.45) is 0 Å². The molecule has 2 aliphatic rings. The molecule has 0 bridgehead atoms. The van der Waals surface area contributed by atoms with E-state index < -0.39 is 0 Å². The predicted octanol–water partition coefficient (Wildman–Crippen LogP) is 2.76. The number of aromatic nitrogens is 4. The highest BCUT2D eigenvalue weighted by molar-refractivity contribution is 9.10. The summed E-state index contributed by atoms with van der Waals surface area (Å²) in [6, 6.07) is 0.492. The smallest absolute Gasteiger partial charge is 0.131 e. The molecule has 1 saturated carbocycles. The van der Waals surface area contributed by atoms with E-state index in [-0.39, 0.29) is 0 Å². The van der Waals surface area contributed by atoms with Crippen molar-refractivity contribution in [2.75, 3.05) is 13.1 Å². The van der Waals surface area contributed by atoms with Gasteiger partial charge in [-0.1, -0.05) is 6.42 Å². The molecule has 1 aliphatic heterocycles. The maximum Gasteiger partial charge on any atom is 0.131 e. The van der Waals surface area contributed by atoms with Gasteiger partial charge in [0, 0.05) is 49.7 Å². The highest BCUT2D eigenvalue weighted by Gasteiger charge is 2.29. The van der Waals surface area contributed by atoms with Gasteiger partial charge in [0.05, 0.1) is 16.7 Å². The van der Waals surface area contributed by atoms with Crippen LogP contribution < -0.4 is 0 Å². The first kappa shape index (κ1) is 13.4. The maximum absolute atomic E-state index is 4.53. The molecule has 2 fully saturated rings. The minimum atomic E-state index is 0.492. The molecule has 4 rings (SSSR count). The van der Waals surface area contributed by atoms with Crippen molar-refractivity contribution >= 4 is 15.9 Å².